The molecule has 678 valence electrons. The number of Topliss-reactive ketones (excluding diaryl/α,β-unsaturated/α-hetero) is 2. The van der Waals surface area contributed by atoms with Crippen molar-refractivity contribution in [2.75, 3.05) is 65.9 Å². The second-order valence-corrected chi connectivity index (χ2v) is 34.6. The molecule has 0 spiro atoms. The van der Waals surface area contributed by atoms with E-state index in [0.717, 1.165) is 128 Å². The summed E-state index contributed by atoms with van der Waals surface area (Å²) in [5.74, 6) is -2.70. The molecule has 0 aromatic rings. The highest BCUT2D eigenvalue weighted by atomic mass is 31.2. The maximum Gasteiger partial charge on any atom is 0.472 e. The van der Waals surface area contributed by atoms with Crippen LogP contribution in [0, 0.1) is 0 Å². The van der Waals surface area contributed by atoms with Gasteiger partial charge in [-0.2, -0.15) is 0 Å². The molecule has 0 saturated heterocycles. The summed E-state index contributed by atoms with van der Waals surface area (Å²) in [5.41, 5.74) is 0. The van der Waals surface area contributed by atoms with Gasteiger partial charge in [0, 0.05) is 64.5 Å². The molecule has 0 radical (unpaired) electrons. The summed E-state index contributed by atoms with van der Waals surface area (Å²) in [4.78, 5) is 125. The van der Waals surface area contributed by atoms with Crippen LogP contribution < -0.4 is 21.3 Å². The van der Waals surface area contributed by atoms with Crippen molar-refractivity contribution in [2.45, 2.75) is 438 Å². The largest absolute Gasteiger partial charge is 0.472 e. The summed E-state index contributed by atoms with van der Waals surface area (Å²) in [6, 6.07) is -1.88. The number of amides is 4. The van der Waals surface area contributed by atoms with Crippen LogP contribution in [0.1, 0.15) is 414 Å². The van der Waals surface area contributed by atoms with Crippen molar-refractivity contribution in [2.24, 2.45) is 0 Å². The zero-order valence-electron chi connectivity index (χ0n) is 73.8. The first kappa shape index (κ1) is 112. The Labute approximate surface area is 703 Å². The third-order valence-electron chi connectivity index (χ3n) is 20.3. The smallest absolute Gasteiger partial charge is 0.462 e. The quantitative estimate of drug-likeness (QED) is 0.0108. The van der Waals surface area contributed by atoms with Gasteiger partial charge in [0.25, 0.3) is 0 Å². The van der Waals surface area contributed by atoms with E-state index in [2.05, 4.69) is 87.1 Å². The van der Waals surface area contributed by atoms with Crippen molar-refractivity contribution < 1.29 is 94.3 Å². The van der Waals surface area contributed by atoms with E-state index in [9.17, 15) is 57.3 Å². The van der Waals surface area contributed by atoms with Crippen LogP contribution in [0.2, 0.25) is 0 Å². The molecule has 6 atom stereocenters. The first-order chi connectivity index (χ1) is 56.2. The fraction of sp³-hybridized carbons (Fsp3) is 0.867. The van der Waals surface area contributed by atoms with Gasteiger partial charge < -0.3 is 50.0 Å². The SMILES string of the molecule is CCCCCC/C=C/CCCC(=O)OC(CCCCCCC)CCOCC(COP(=O)(O)OCCNC(=O)CCCCCCC(=O)NCCOP(=O)(O)OCC(COCCC(CCCCCCC)OC(=O)CCC/C=C/CCCCCC)NC(=O)CC(=O)CCCCCCCCCCC)NC(=O)CC(=O)CCCCCCCCCCC. The predicted octanol–water partition coefficient (Wildman–Crippen LogP) is 21.3. The third-order valence-corrected chi connectivity index (χ3v) is 22.3. The predicted molar refractivity (Wildman–Crippen MR) is 465 cm³/mol. The van der Waals surface area contributed by atoms with Crippen LogP contribution in [0.4, 0.5) is 0 Å². The van der Waals surface area contributed by atoms with Crippen LogP contribution >= 0.6 is 15.6 Å². The average Bonchev–Trinajstić information content (AvgIpc) is 0.904. The van der Waals surface area contributed by atoms with Gasteiger partial charge in [-0.05, 0) is 103 Å². The highest BCUT2D eigenvalue weighted by Crippen LogP contribution is 2.44. The molecule has 24 nitrogen and oxygen atoms in total. The lowest BCUT2D eigenvalue weighted by Gasteiger charge is -2.22. The van der Waals surface area contributed by atoms with Gasteiger partial charge in [-0.15, -0.1) is 0 Å². The van der Waals surface area contributed by atoms with Crippen molar-refractivity contribution in [3.8, 4) is 0 Å². The summed E-state index contributed by atoms with van der Waals surface area (Å²) >= 11 is 0. The molecule has 0 aliphatic rings. The van der Waals surface area contributed by atoms with E-state index in [1.807, 2.05) is 0 Å². The molecule has 6 N–H and O–H groups in total. The van der Waals surface area contributed by atoms with Gasteiger partial charge in [-0.1, -0.05) is 271 Å². The van der Waals surface area contributed by atoms with E-state index in [0.29, 0.717) is 89.9 Å². The Morgan fingerprint density at radius 3 is 0.914 bits per heavy atom. The molecule has 26 heteroatoms. The maximum atomic E-state index is 13.2. The van der Waals surface area contributed by atoms with Crippen LogP contribution in [0.25, 0.3) is 0 Å². The standard InChI is InChI=1S/C90H168N4O20P2/c1-7-13-19-25-29-33-37-43-49-57-81(95)73-87(99)93-79(75-107-69-65-83(59-51-41-23-17-11-5)113-89(101)63-55-45-39-35-31-27-21-15-9-3)77-111-115(103,104)109-71-67-91-85(97)61-53-47-48-54-62-86(98)92-68-72-110-116(105,106)112-78-80(94-88(100)74-82(96)58-50-44-38-34-30-26-20-14-8-2)76-108-70-66-84(60-52-42-24-18-12-6)114-90(102)64-56-46-40-36-32-28-22-16-10-4/h35-36,39-40,79-80,83-84H,7-34,37-38,41-78H2,1-6H3,(H,91,97)(H,92,98)(H,93,99)(H,94,100)(H,103,104)(H,105,106)/b39-35+,40-36+. The number of ether oxygens (including phenoxy) is 4. The van der Waals surface area contributed by atoms with Crippen molar-refractivity contribution in [3.05, 3.63) is 24.3 Å². The molecular formula is C90H168N4O20P2. The summed E-state index contributed by atoms with van der Waals surface area (Å²) in [6.45, 7) is 11.3. The molecular weight excluding hydrogens is 1520 g/mol. The lowest BCUT2D eigenvalue weighted by Crippen LogP contribution is -2.42. The Morgan fingerprint density at radius 1 is 0.302 bits per heavy atom. The van der Waals surface area contributed by atoms with Gasteiger partial charge in [0.1, 0.15) is 23.8 Å². The highest BCUT2D eigenvalue weighted by molar-refractivity contribution is 7.47. The molecule has 0 aliphatic heterocycles. The number of phosphoric acid groups is 2. The van der Waals surface area contributed by atoms with Gasteiger partial charge in [-0.3, -0.25) is 56.5 Å². The van der Waals surface area contributed by atoms with Crippen LogP contribution in [-0.4, -0.2) is 147 Å². The second kappa shape index (κ2) is 81.8. The molecule has 0 bridgehead atoms. The van der Waals surface area contributed by atoms with E-state index in [4.69, 9.17) is 37.0 Å². The Balaban J connectivity index is 5.36. The van der Waals surface area contributed by atoms with Crippen molar-refractivity contribution in [1.29, 1.82) is 0 Å². The van der Waals surface area contributed by atoms with Crippen LogP contribution in [0.15, 0.2) is 24.3 Å². The third kappa shape index (κ3) is 78.3. The van der Waals surface area contributed by atoms with E-state index >= 15 is 0 Å². The van der Waals surface area contributed by atoms with E-state index in [1.165, 1.54) is 116 Å². The monoisotopic (exact) mass is 1690 g/mol. The van der Waals surface area contributed by atoms with Crippen molar-refractivity contribution in [3.63, 3.8) is 0 Å². The second-order valence-electron chi connectivity index (χ2n) is 31.7. The van der Waals surface area contributed by atoms with Crippen LogP contribution in [0.3, 0.4) is 0 Å². The summed E-state index contributed by atoms with van der Waals surface area (Å²) in [6.07, 6.45) is 58.0. The number of unbranched alkanes of at least 4 members (excludes halogenated alkanes) is 37. The molecule has 0 rings (SSSR count). The maximum absolute atomic E-state index is 13.2. The fourth-order valence-electron chi connectivity index (χ4n) is 13.3. The first-order valence-corrected chi connectivity index (χ1v) is 49.4. The van der Waals surface area contributed by atoms with Gasteiger partial charge in [0.05, 0.1) is 77.8 Å². The zero-order chi connectivity index (χ0) is 85.3. The summed E-state index contributed by atoms with van der Waals surface area (Å²) in [5, 5.41) is 10.8. The number of ketones is 2. The number of hydrogen-bond acceptors (Lipinski definition) is 18. The van der Waals surface area contributed by atoms with Gasteiger partial charge >= 0.3 is 27.6 Å². The topological polar surface area (TPSA) is 333 Å². The number of nitrogens with one attached hydrogen (secondary N) is 4. The van der Waals surface area contributed by atoms with Crippen LogP contribution in [-0.2, 0) is 84.5 Å². The number of hydrogen-bond donors (Lipinski definition) is 6. The van der Waals surface area contributed by atoms with Crippen LogP contribution in [0.5, 0.6) is 0 Å². The minimum atomic E-state index is -4.71. The molecule has 0 aromatic heterocycles. The molecule has 4 amide bonds. The highest BCUT2D eigenvalue weighted by Gasteiger charge is 2.28. The molecule has 116 heavy (non-hydrogen) atoms. The normalized spacial score (nSPS) is 13.8. The molecule has 0 saturated carbocycles. The van der Waals surface area contributed by atoms with E-state index < -0.39 is 52.8 Å². The lowest BCUT2D eigenvalue weighted by atomic mass is 10.0. The summed E-state index contributed by atoms with van der Waals surface area (Å²) < 4.78 is 71.2. The van der Waals surface area contributed by atoms with Gasteiger partial charge in [0.2, 0.25) is 23.6 Å². The Kier molecular flexibility index (Phi) is 78.8. The molecule has 6 unspecified atom stereocenters. The van der Waals surface area contributed by atoms with Crippen molar-refractivity contribution >= 4 is 62.8 Å². The molecule has 0 fully saturated rings. The van der Waals surface area contributed by atoms with E-state index in [1.54, 1.807) is 0 Å². The van der Waals surface area contributed by atoms with Gasteiger partial charge in [-0.25, -0.2) is 9.13 Å². The Morgan fingerprint density at radius 2 is 0.586 bits per heavy atom. The number of phosphoric ester groups is 2. The fourth-order valence-corrected chi connectivity index (χ4v) is 14.8. The zero-order valence-corrected chi connectivity index (χ0v) is 75.6. The minimum absolute atomic E-state index is 0.101. The number of allylic oxidation sites excluding steroid dienone is 4. The lowest BCUT2D eigenvalue weighted by molar-refractivity contribution is -0.151. The molecule has 0 aromatic carbocycles. The van der Waals surface area contributed by atoms with Gasteiger partial charge in [0.15, 0.2) is 0 Å². The molecule has 0 aliphatic carbocycles. The average molecular weight is 1690 g/mol. The Bertz CT molecular complexity index is 2410. The van der Waals surface area contributed by atoms with Crippen molar-refractivity contribution in [1.82, 2.24) is 21.3 Å². The minimum Gasteiger partial charge on any atom is -0.462 e. The number of carbonyl (C=O) groups is 8. The Hall–Kier alpha value is -4.22. The summed E-state index contributed by atoms with van der Waals surface area (Å²) in [7, 11) is -9.42. The number of rotatable bonds is 89. The number of carbonyl (C=O) groups excluding carboxylic acids is 8. The molecule has 0 heterocycles. The first-order valence-electron chi connectivity index (χ1n) is 46.4. The van der Waals surface area contributed by atoms with E-state index in [-0.39, 0.29) is 139 Å². The number of esters is 2.